The van der Waals surface area contributed by atoms with Crippen molar-refractivity contribution in [3.8, 4) is 0 Å². The van der Waals surface area contributed by atoms with Gasteiger partial charge in [0.15, 0.2) is 0 Å². The molecule has 0 amide bonds. The predicted octanol–water partition coefficient (Wildman–Crippen LogP) is 4.18. The highest BCUT2D eigenvalue weighted by Gasteiger charge is 2.02. The summed E-state index contributed by atoms with van der Waals surface area (Å²) >= 11 is 5.87. The van der Waals surface area contributed by atoms with E-state index < -0.39 is 0 Å². The molecule has 3 nitrogen and oxygen atoms in total. The maximum absolute atomic E-state index is 5.87. The van der Waals surface area contributed by atoms with Crippen LogP contribution in [-0.4, -0.2) is 16.5 Å². The zero-order valence-electron chi connectivity index (χ0n) is 11.3. The molecule has 0 unspecified atom stereocenters. The lowest BCUT2D eigenvalue weighted by Crippen LogP contribution is -2.05. The van der Waals surface area contributed by atoms with E-state index in [2.05, 4.69) is 34.3 Å². The topological polar surface area (TPSA) is 40.7 Å². The van der Waals surface area contributed by atoms with Crippen LogP contribution in [0.5, 0.6) is 0 Å². The Hall–Kier alpha value is -2.00. The van der Waals surface area contributed by atoms with Crippen molar-refractivity contribution >= 4 is 28.6 Å². The molecule has 0 atom stereocenters. The molecule has 0 saturated heterocycles. The van der Waals surface area contributed by atoms with E-state index in [0.29, 0.717) is 0 Å². The standard InChI is InChI=1S/C16H16ClN3/c1-11-2-7-14-15(10-11)20-16(19-14)18-9-8-12-3-5-13(17)6-4-12/h2-7,10H,8-9H2,1H3,(H2,18,19,20). The van der Waals surface area contributed by atoms with E-state index in [1.54, 1.807) is 0 Å². The summed E-state index contributed by atoms with van der Waals surface area (Å²) in [6.07, 6.45) is 0.938. The highest BCUT2D eigenvalue weighted by Crippen LogP contribution is 2.16. The maximum Gasteiger partial charge on any atom is 0.201 e. The fourth-order valence-electron chi connectivity index (χ4n) is 2.18. The van der Waals surface area contributed by atoms with Gasteiger partial charge in [0.05, 0.1) is 11.0 Å². The minimum absolute atomic E-state index is 0.773. The number of imidazole rings is 1. The van der Waals surface area contributed by atoms with Gasteiger partial charge in [-0.1, -0.05) is 29.8 Å². The number of nitrogens with zero attached hydrogens (tertiary/aromatic N) is 1. The fourth-order valence-corrected chi connectivity index (χ4v) is 2.31. The Morgan fingerprint density at radius 3 is 2.75 bits per heavy atom. The molecule has 0 aliphatic carbocycles. The van der Waals surface area contributed by atoms with E-state index >= 15 is 0 Å². The summed E-state index contributed by atoms with van der Waals surface area (Å²) in [5.74, 6) is 0.819. The van der Waals surface area contributed by atoms with Crippen LogP contribution >= 0.6 is 11.6 Å². The van der Waals surface area contributed by atoms with Crippen LogP contribution in [0.1, 0.15) is 11.1 Å². The average molecular weight is 286 g/mol. The third-order valence-corrected chi connectivity index (χ3v) is 3.51. The van der Waals surface area contributed by atoms with Crippen molar-refractivity contribution in [3.05, 3.63) is 58.6 Å². The van der Waals surface area contributed by atoms with Crippen molar-refractivity contribution in [3.63, 3.8) is 0 Å². The quantitative estimate of drug-likeness (QED) is 0.755. The molecule has 0 radical (unpaired) electrons. The second-order valence-electron chi connectivity index (χ2n) is 4.91. The molecule has 0 fully saturated rings. The number of nitrogens with one attached hydrogen (secondary N) is 2. The molecule has 0 aliphatic rings. The van der Waals surface area contributed by atoms with Crippen molar-refractivity contribution in [1.29, 1.82) is 0 Å². The Balaban J connectivity index is 1.63. The summed E-state index contributed by atoms with van der Waals surface area (Å²) in [5, 5.41) is 4.09. The van der Waals surface area contributed by atoms with Gasteiger partial charge in [-0.2, -0.15) is 0 Å². The van der Waals surface area contributed by atoms with Crippen LogP contribution in [0.2, 0.25) is 5.02 Å². The first kappa shape index (κ1) is 13.0. The van der Waals surface area contributed by atoms with Gasteiger partial charge in [-0.05, 0) is 48.7 Å². The summed E-state index contributed by atoms with van der Waals surface area (Å²) in [4.78, 5) is 7.80. The number of hydrogen-bond acceptors (Lipinski definition) is 2. The van der Waals surface area contributed by atoms with Gasteiger partial charge in [0.25, 0.3) is 0 Å². The van der Waals surface area contributed by atoms with Crippen molar-refractivity contribution in [2.45, 2.75) is 13.3 Å². The highest BCUT2D eigenvalue weighted by molar-refractivity contribution is 6.30. The second kappa shape index (κ2) is 5.55. The number of aromatic nitrogens is 2. The van der Waals surface area contributed by atoms with Crippen LogP contribution in [0.15, 0.2) is 42.5 Å². The number of aryl methyl sites for hydroxylation is 1. The Kier molecular flexibility index (Phi) is 3.61. The molecule has 20 heavy (non-hydrogen) atoms. The molecule has 1 heterocycles. The molecule has 2 aromatic carbocycles. The first-order valence-corrected chi connectivity index (χ1v) is 7.03. The number of fused-ring (bicyclic) bond motifs is 1. The van der Waals surface area contributed by atoms with Crippen LogP contribution in [-0.2, 0) is 6.42 Å². The molecule has 4 heteroatoms. The molecule has 3 aromatic rings. The molecule has 0 saturated carbocycles. The number of hydrogen-bond donors (Lipinski definition) is 2. The molecule has 2 N–H and O–H groups in total. The summed E-state index contributed by atoms with van der Waals surface area (Å²) < 4.78 is 0. The van der Waals surface area contributed by atoms with Gasteiger partial charge >= 0.3 is 0 Å². The Bertz CT molecular complexity index is 716. The highest BCUT2D eigenvalue weighted by atomic mass is 35.5. The smallest absolute Gasteiger partial charge is 0.201 e. The number of aromatic amines is 1. The monoisotopic (exact) mass is 285 g/mol. The lowest BCUT2D eigenvalue weighted by Gasteiger charge is -2.03. The molecule has 0 spiro atoms. The molecule has 3 rings (SSSR count). The summed E-state index contributed by atoms with van der Waals surface area (Å²) in [7, 11) is 0. The number of benzene rings is 2. The Morgan fingerprint density at radius 1 is 1.15 bits per heavy atom. The third-order valence-electron chi connectivity index (χ3n) is 3.26. The maximum atomic E-state index is 5.87. The van der Waals surface area contributed by atoms with Crippen molar-refractivity contribution in [1.82, 2.24) is 9.97 Å². The van der Waals surface area contributed by atoms with Gasteiger partial charge < -0.3 is 10.3 Å². The van der Waals surface area contributed by atoms with E-state index in [4.69, 9.17) is 11.6 Å². The van der Waals surface area contributed by atoms with Gasteiger partial charge in [0.1, 0.15) is 0 Å². The molecule has 0 bridgehead atoms. The lowest BCUT2D eigenvalue weighted by atomic mass is 10.1. The van der Waals surface area contributed by atoms with Crippen molar-refractivity contribution in [2.75, 3.05) is 11.9 Å². The lowest BCUT2D eigenvalue weighted by molar-refractivity contribution is 1.000. The van der Waals surface area contributed by atoms with Crippen LogP contribution in [0, 0.1) is 6.92 Å². The van der Waals surface area contributed by atoms with E-state index in [-0.39, 0.29) is 0 Å². The van der Waals surface area contributed by atoms with E-state index in [9.17, 15) is 0 Å². The second-order valence-corrected chi connectivity index (χ2v) is 5.35. The van der Waals surface area contributed by atoms with Crippen LogP contribution in [0.3, 0.4) is 0 Å². The molecule has 0 aliphatic heterocycles. The summed E-state index contributed by atoms with van der Waals surface area (Å²) in [6.45, 7) is 2.91. The first-order valence-electron chi connectivity index (χ1n) is 6.65. The third kappa shape index (κ3) is 2.94. The largest absolute Gasteiger partial charge is 0.355 e. The zero-order chi connectivity index (χ0) is 13.9. The minimum Gasteiger partial charge on any atom is -0.355 e. The number of anilines is 1. The fraction of sp³-hybridized carbons (Fsp3) is 0.188. The van der Waals surface area contributed by atoms with Gasteiger partial charge in [-0.25, -0.2) is 4.98 Å². The van der Waals surface area contributed by atoms with E-state index in [1.807, 2.05) is 30.3 Å². The zero-order valence-corrected chi connectivity index (χ0v) is 12.0. The number of H-pyrrole nitrogens is 1. The summed E-state index contributed by atoms with van der Waals surface area (Å²) in [6, 6.07) is 14.1. The Labute approximate surface area is 123 Å². The van der Waals surface area contributed by atoms with Crippen LogP contribution in [0.4, 0.5) is 5.95 Å². The molecular formula is C16H16ClN3. The number of halogens is 1. The SMILES string of the molecule is Cc1ccc2nc(NCCc3ccc(Cl)cc3)[nH]c2c1. The van der Waals surface area contributed by atoms with Gasteiger partial charge in [-0.3, -0.25) is 0 Å². The predicted molar refractivity (Wildman–Crippen MR) is 84.5 cm³/mol. The van der Waals surface area contributed by atoms with Crippen molar-refractivity contribution < 1.29 is 0 Å². The minimum atomic E-state index is 0.773. The van der Waals surface area contributed by atoms with Crippen molar-refractivity contribution in [2.24, 2.45) is 0 Å². The van der Waals surface area contributed by atoms with E-state index in [1.165, 1.54) is 11.1 Å². The Morgan fingerprint density at radius 2 is 1.95 bits per heavy atom. The van der Waals surface area contributed by atoms with E-state index in [0.717, 1.165) is 35.0 Å². The number of rotatable bonds is 4. The van der Waals surface area contributed by atoms with Gasteiger partial charge in [0, 0.05) is 11.6 Å². The first-order chi connectivity index (χ1) is 9.70. The molecule has 102 valence electrons. The van der Waals surface area contributed by atoms with Gasteiger partial charge in [-0.15, -0.1) is 0 Å². The van der Waals surface area contributed by atoms with Crippen LogP contribution < -0.4 is 5.32 Å². The van der Waals surface area contributed by atoms with Gasteiger partial charge in [0.2, 0.25) is 5.95 Å². The molecule has 1 aromatic heterocycles. The normalized spacial score (nSPS) is 10.9. The average Bonchev–Trinajstić information content (AvgIpc) is 2.83. The summed E-state index contributed by atoms with van der Waals surface area (Å²) in [5.41, 5.74) is 4.55. The molecular weight excluding hydrogens is 270 g/mol. The van der Waals surface area contributed by atoms with Crippen LogP contribution in [0.25, 0.3) is 11.0 Å².